The molecule has 0 aliphatic rings. The van der Waals surface area contributed by atoms with Crippen molar-refractivity contribution in [1.29, 1.82) is 0 Å². The van der Waals surface area contributed by atoms with E-state index in [1.807, 2.05) is 13.8 Å². The van der Waals surface area contributed by atoms with Gasteiger partial charge in [-0.1, -0.05) is 49.7 Å². The van der Waals surface area contributed by atoms with Crippen LogP contribution in [0.2, 0.25) is 5.02 Å². The number of likely N-dealkylation sites (N-methyl/N-ethyl adjacent to an activating group) is 2. The van der Waals surface area contributed by atoms with Gasteiger partial charge in [0.15, 0.2) is 9.84 Å². The van der Waals surface area contributed by atoms with Gasteiger partial charge in [0.1, 0.15) is 11.4 Å². The summed E-state index contributed by atoms with van der Waals surface area (Å²) >= 11 is 5.92. The number of amides is 3. The van der Waals surface area contributed by atoms with Crippen LogP contribution in [0.3, 0.4) is 0 Å². The highest BCUT2D eigenvalue weighted by Crippen LogP contribution is 2.30. The summed E-state index contributed by atoms with van der Waals surface area (Å²) in [5, 5.41) is 14.7. The Morgan fingerprint density at radius 3 is 2.10 bits per heavy atom. The van der Waals surface area contributed by atoms with Crippen molar-refractivity contribution in [2.24, 2.45) is 0 Å². The van der Waals surface area contributed by atoms with E-state index in [1.165, 1.54) is 18.2 Å². The van der Waals surface area contributed by atoms with Crippen molar-refractivity contribution in [2.75, 3.05) is 43.1 Å². The molecule has 3 aromatic rings. The molecular weight excluding hydrogens is 557 g/mol. The Balaban J connectivity index is 1.90. The zero-order valence-electron chi connectivity index (χ0n) is 22.5. The Kier molecular flexibility index (Phi) is 10.6. The summed E-state index contributed by atoms with van der Waals surface area (Å²) in [6, 6.07) is 16.2. The lowest BCUT2D eigenvalue weighted by Crippen LogP contribution is -2.67. The van der Waals surface area contributed by atoms with E-state index in [2.05, 4.69) is 26.6 Å². The summed E-state index contributed by atoms with van der Waals surface area (Å²) < 4.78 is 39.7. The average molecular weight is 590 g/mol. The number of anilines is 2. The van der Waals surface area contributed by atoms with Gasteiger partial charge in [-0.05, 0) is 61.1 Å². The summed E-state index contributed by atoms with van der Waals surface area (Å²) in [4.78, 5) is 26.7. The Morgan fingerprint density at radius 2 is 1.52 bits per heavy atom. The second kappa shape index (κ2) is 13.7. The fourth-order valence-electron chi connectivity index (χ4n) is 4.01. The molecular formula is C28H33ClFN5O4S. The number of carbonyl (C=O) groups excluding carboxylic acids is 2. The molecule has 3 amide bonds. The molecule has 0 spiro atoms. The van der Waals surface area contributed by atoms with Crippen molar-refractivity contribution in [3.05, 3.63) is 77.6 Å². The van der Waals surface area contributed by atoms with E-state index in [4.69, 9.17) is 11.6 Å². The smallest absolute Gasteiger partial charge is 0.320 e. The lowest BCUT2D eigenvalue weighted by molar-refractivity contribution is -0.121. The number of hydrogen-bond acceptors (Lipinski definition) is 6. The van der Waals surface area contributed by atoms with Gasteiger partial charge in [0.2, 0.25) is 0 Å². The number of benzene rings is 3. The first kappa shape index (κ1) is 31.0. The minimum absolute atomic E-state index is 0.0534. The fourth-order valence-corrected chi connectivity index (χ4v) is 5.05. The lowest BCUT2D eigenvalue weighted by atomic mass is 9.97. The standard InChI is InChI=1S/C28H33ClFN5O4S/c1-4-31-17-28(18-32-5-2,35-27(37)33-21-13-11-20(29)12-14-21)26(36)34-24-15-10-19(16-23(24)30)22-8-6-7-9-25(22)40(3,38)39/h6-16,31-32H,4-5,17-18H2,1-3H3,(H,34,36)(H2,33,35,37). The third-order valence-corrected chi connectivity index (χ3v) is 7.46. The van der Waals surface area contributed by atoms with Crippen molar-refractivity contribution >= 4 is 44.8 Å². The third-order valence-electron chi connectivity index (χ3n) is 6.06. The summed E-state index contributed by atoms with van der Waals surface area (Å²) in [6.07, 6.45) is 1.08. The molecule has 0 unspecified atom stereocenters. The Morgan fingerprint density at radius 1 is 0.900 bits per heavy atom. The highest BCUT2D eigenvalue weighted by Gasteiger charge is 2.40. The zero-order chi connectivity index (χ0) is 29.3. The van der Waals surface area contributed by atoms with E-state index >= 15 is 4.39 Å². The Hall–Kier alpha value is -3.51. The van der Waals surface area contributed by atoms with Gasteiger partial charge in [-0.15, -0.1) is 0 Å². The molecule has 9 nitrogen and oxygen atoms in total. The number of sulfone groups is 1. The number of halogens is 2. The van der Waals surface area contributed by atoms with Crippen LogP contribution < -0.4 is 26.6 Å². The van der Waals surface area contributed by atoms with Crippen LogP contribution in [-0.2, 0) is 14.6 Å². The summed E-state index contributed by atoms with van der Waals surface area (Å²) in [5.41, 5.74) is -0.474. The van der Waals surface area contributed by atoms with E-state index < -0.39 is 33.1 Å². The lowest BCUT2D eigenvalue weighted by Gasteiger charge is -2.34. The number of rotatable bonds is 12. The van der Waals surface area contributed by atoms with Crippen molar-refractivity contribution < 1.29 is 22.4 Å². The van der Waals surface area contributed by atoms with E-state index in [1.54, 1.807) is 42.5 Å². The monoisotopic (exact) mass is 589 g/mol. The average Bonchev–Trinajstić information content (AvgIpc) is 2.92. The highest BCUT2D eigenvalue weighted by atomic mass is 35.5. The van der Waals surface area contributed by atoms with Gasteiger partial charge in [-0.2, -0.15) is 0 Å². The molecule has 3 rings (SSSR count). The molecule has 214 valence electrons. The number of carbonyl (C=O) groups is 2. The molecule has 0 fully saturated rings. The van der Waals surface area contributed by atoms with Gasteiger partial charge in [-0.3, -0.25) is 4.79 Å². The molecule has 12 heteroatoms. The van der Waals surface area contributed by atoms with Crippen LogP contribution in [0.4, 0.5) is 20.6 Å². The largest absolute Gasteiger partial charge is 0.321 e. The van der Waals surface area contributed by atoms with Crippen molar-refractivity contribution in [3.63, 3.8) is 0 Å². The molecule has 0 atom stereocenters. The van der Waals surface area contributed by atoms with Crippen LogP contribution in [0.5, 0.6) is 0 Å². The summed E-state index contributed by atoms with van der Waals surface area (Å²) in [5.74, 6) is -1.41. The van der Waals surface area contributed by atoms with Gasteiger partial charge in [0.25, 0.3) is 5.91 Å². The predicted molar refractivity (Wildman–Crippen MR) is 157 cm³/mol. The minimum Gasteiger partial charge on any atom is -0.321 e. The first-order valence-electron chi connectivity index (χ1n) is 12.7. The maximum absolute atomic E-state index is 15.3. The van der Waals surface area contributed by atoms with Crippen LogP contribution in [0.1, 0.15) is 13.8 Å². The van der Waals surface area contributed by atoms with Crippen molar-refractivity contribution in [3.8, 4) is 11.1 Å². The van der Waals surface area contributed by atoms with Crippen molar-refractivity contribution in [2.45, 2.75) is 24.3 Å². The van der Waals surface area contributed by atoms with E-state index in [-0.39, 0.29) is 23.7 Å². The van der Waals surface area contributed by atoms with Crippen LogP contribution >= 0.6 is 11.6 Å². The summed E-state index contributed by atoms with van der Waals surface area (Å²) in [7, 11) is -3.56. The molecule has 0 aliphatic heterocycles. The Labute approximate surface area is 238 Å². The van der Waals surface area contributed by atoms with Crippen LogP contribution in [-0.4, -0.2) is 58.3 Å². The van der Waals surface area contributed by atoms with Crippen LogP contribution in [0, 0.1) is 5.82 Å². The molecule has 0 heterocycles. The molecule has 0 radical (unpaired) electrons. The molecule has 5 N–H and O–H groups in total. The second-order valence-corrected chi connectivity index (χ2v) is 11.6. The fraction of sp³-hybridized carbons (Fsp3) is 0.286. The van der Waals surface area contributed by atoms with Gasteiger partial charge in [0.05, 0.1) is 10.6 Å². The molecule has 0 saturated heterocycles. The third kappa shape index (κ3) is 8.01. The van der Waals surface area contributed by atoms with E-state index in [9.17, 15) is 18.0 Å². The van der Waals surface area contributed by atoms with Crippen LogP contribution in [0.15, 0.2) is 71.6 Å². The topological polar surface area (TPSA) is 128 Å². The first-order valence-corrected chi connectivity index (χ1v) is 14.9. The maximum atomic E-state index is 15.3. The van der Waals surface area contributed by atoms with Gasteiger partial charge in [0, 0.05) is 35.6 Å². The number of hydrogen-bond donors (Lipinski definition) is 5. The molecule has 3 aromatic carbocycles. The summed E-state index contributed by atoms with van der Waals surface area (Å²) in [6.45, 7) is 4.86. The van der Waals surface area contributed by atoms with Gasteiger partial charge in [-0.25, -0.2) is 17.6 Å². The minimum atomic E-state index is -3.56. The van der Waals surface area contributed by atoms with E-state index in [0.717, 1.165) is 12.3 Å². The zero-order valence-corrected chi connectivity index (χ0v) is 24.0. The van der Waals surface area contributed by atoms with Crippen molar-refractivity contribution in [1.82, 2.24) is 16.0 Å². The normalized spacial score (nSPS) is 11.6. The van der Waals surface area contributed by atoms with Gasteiger partial charge < -0.3 is 26.6 Å². The van der Waals surface area contributed by atoms with E-state index in [0.29, 0.717) is 34.9 Å². The molecule has 0 aromatic heterocycles. The first-order chi connectivity index (χ1) is 19.0. The second-order valence-electron chi connectivity index (χ2n) is 9.15. The maximum Gasteiger partial charge on any atom is 0.320 e. The number of nitrogens with one attached hydrogen (secondary N) is 5. The quantitative estimate of drug-likeness (QED) is 0.215. The SMILES string of the molecule is CCNCC(CNCC)(NC(=O)Nc1ccc(Cl)cc1)C(=O)Nc1ccc(-c2ccccc2S(C)(=O)=O)cc1F. The molecule has 0 aliphatic carbocycles. The highest BCUT2D eigenvalue weighted by molar-refractivity contribution is 7.90. The molecule has 0 saturated carbocycles. The molecule has 40 heavy (non-hydrogen) atoms. The van der Waals surface area contributed by atoms with Gasteiger partial charge >= 0.3 is 6.03 Å². The molecule has 0 bridgehead atoms. The Bertz CT molecular complexity index is 1440. The van der Waals surface area contributed by atoms with Crippen LogP contribution in [0.25, 0.3) is 11.1 Å². The number of urea groups is 1. The predicted octanol–water partition coefficient (Wildman–Crippen LogP) is 4.27.